The van der Waals surface area contributed by atoms with Crippen LogP contribution in [0.5, 0.6) is 0 Å². The van der Waals surface area contributed by atoms with E-state index in [-0.39, 0.29) is 0 Å². The van der Waals surface area contributed by atoms with Crippen molar-refractivity contribution >= 4 is 23.5 Å². The van der Waals surface area contributed by atoms with Crippen molar-refractivity contribution in [2.45, 2.75) is 34.8 Å². The molecule has 0 aliphatic rings. The molecule has 0 fully saturated rings. The summed E-state index contributed by atoms with van der Waals surface area (Å²) < 4.78 is 2.54. The van der Waals surface area contributed by atoms with Crippen LogP contribution in [0.4, 0.5) is 0 Å². The summed E-state index contributed by atoms with van der Waals surface area (Å²) in [4.78, 5) is 6.77. The summed E-state index contributed by atoms with van der Waals surface area (Å²) in [7, 11) is 0. The van der Waals surface area contributed by atoms with E-state index in [2.05, 4.69) is 71.9 Å². The lowest BCUT2D eigenvalue weighted by Crippen LogP contribution is -2.08. The van der Waals surface area contributed by atoms with Crippen molar-refractivity contribution < 1.29 is 0 Å². The fourth-order valence-corrected chi connectivity index (χ4v) is 4.75. The molecule has 0 radical (unpaired) electrons. The molecule has 4 heteroatoms. The predicted molar refractivity (Wildman–Crippen MR) is 100 cm³/mol. The summed E-state index contributed by atoms with van der Waals surface area (Å²) in [5.74, 6) is 0. The first-order chi connectivity index (χ1) is 11.2. The average molecular weight is 341 g/mol. The summed E-state index contributed by atoms with van der Waals surface area (Å²) in [6.07, 6.45) is 5.75. The van der Waals surface area contributed by atoms with Gasteiger partial charge in [0.2, 0.25) is 0 Å². The van der Waals surface area contributed by atoms with Gasteiger partial charge in [0.05, 0.1) is 10.9 Å². The molecule has 2 aromatic carbocycles. The molecule has 3 rings (SSSR count). The minimum atomic E-state index is 0.398. The lowest BCUT2D eigenvalue weighted by atomic mass is 10.2. The third-order valence-electron chi connectivity index (χ3n) is 3.50. The van der Waals surface area contributed by atoms with Crippen LogP contribution in [-0.4, -0.2) is 14.1 Å². The maximum atomic E-state index is 4.16. The molecule has 0 N–H and O–H groups in total. The highest BCUT2D eigenvalue weighted by molar-refractivity contribution is 8.17. The lowest BCUT2D eigenvalue weighted by Gasteiger charge is -2.17. The Morgan fingerprint density at radius 3 is 1.83 bits per heavy atom. The molecule has 0 aliphatic heterocycles. The van der Waals surface area contributed by atoms with Crippen molar-refractivity contribution in [3.63, 3.8) is 0 Å². The largest absolute Gasteiger partial charge is 0.336 e. The summed E-state index contributed by atoms with van der Waals surface area (Å²) in [6, 6.07) is 17.5. The Bertz CT molecular complexity index is 672. The Kier molecular flexibility index (Phi) is 5.47. The van der Waals surface area contributed by atoms with Gasteiger partial charge in [-0.1, -0.05) is 35.4 Å². The van der Waals surface area contributed by atoms with Gasteiger partial charge in [0.1, 0.15) is 0 Å². The van der Waals surface area contributed by atoms with Gasteiger partial charge in [-0.25, -0.2) is 4.98 Å². The van der Waals surface area contributed by atoms with Crippen LogP contribution in [0.1, 0.15) is 11.1 Å². The van der Waals surface area contributed by atoms with Crippen LogP contribution in [-0.2, 0) is 6.54 Å². The first-order valence-corrected chi connectivity index (χ1v) is 9.37. The zero-order valence-electron chi connectivity index (χ0n) is 13.3. The molecule has 2 nitrogen and oxygen atoms in total. The Balaban J connectivity index is 1.75. The number of aromatic nitrogens is 2. The molecule has 23 heavy (non-hydrogen) atoms. The first kappa shape index (κ1) is 16.2. The van der Waals surface area contributed by atoms with Crippen LogP contribution in [0.15, 0.2) is 77.0 Å². The molecule has 118 valence electrons. The number of hydrogen-bond donors (Lipinski definition) is 0. The predicted octanol–water partition coefficient (Wildman–Crippen LogP) is 5.41. The normalized spacial score (nSPS) is 11.1. The zero-order chi connectivity index (χ0) is 16.1. The van der Waals surface area contributed by atoms with E-state index >= 15 is 0 Å². The van der Waals surface area contributed by atoms with Crippen molar-refractivity contribution in [3.8, 4) is 0 Å². The SMILES string of the molecule is Cc1ccc(SC(Cn2ccnc2)Sc2ccc(C)cc2)cc1. The van der Waals surface area contributed by atoms with Gasteiger partial charge in [-0.05, 0) is 38.1 Å². The molecule has 0 amide bonds. The van der Waals surface area contributed by atoms with E-state index in [1.807, 2.05) is 42.2 Å². The molecule has 1 heterocycles. The van der Waals surface area contributed by atoms with E-state index in [4.69, 9.17) is 0 Å². The molecule has 3 aromatic rings. The van der Waals surface area contributed by atoms with Gasteiger partial charge in [-0.3, -0.25) is 0 Å². The molecule has 0 unspecified atom stereocenters. The van der Waals surface area contributed by atoms with Crippen molar-refractivity contribution in [2.24, 2.45) is 0 Å². The third-order valence-corrected chi connectivity index (χ3v) is 5.99. The molecule has 0 bridgehead atoms. The van der Waals surface area contributed by atoms with Gasteiger partial charge in [-0.15, -0.1) is 23.5 Å². The van der Waals surface area contributed by atoms with E-state index in [0.717, 1.165) is 6.54 Å². The monoisotopic (exact) mass is 340 g/mol. The third kappa shape index (κ3) is 4.91. The van der Waals surface area contributed by atoms with Gasteiger partial charge < -0.3 is 4.57 Å². The summed E-state index contributed by atoms with van der Waals surface area (Å²) >= 11 is 3.82. The maximum absolute atomic E-state index is 4.16. The Labute approximate surface area is 146 Å². The maximum Gasteiger partial charge on any atom is 0.0946 e. The van der Waals surface area contributed by atoms with E-state index in [1.165, 1.54) is 20.9 Å². The molecule has 0 saturated heterocycles. The van der Waals surface area contributed by atoms with Crippen LogP contribution < -0.4 is 0 Å². The second-order valence-corrected chi connectivity index (χ2v) is 8.40. The second-order valence-electron chi connectivity index (χ2n) is 5.55. The standard InChI is InChI=1S/C19H20N2S2/c1-15-3-7-17(8-4-15)22-19(13-21-12-11-20-14-21)23-18-9-5-16(2)6-10-18/h3-12,14,19H,13H2,1-2H3. The summed E-state index contributed by atoms with van der Waals surface area (Å²) in [5, 5.41) is 0. The Morgan fingerprint density at radius 2 is 1.39 bits per heavy atom. The van der Waals surface area contributed by atoms with Crippen LogP contribution in [0.3, 0.4) is 0 Å². The number of hydrogen-bond acceptors (Lipinski definition) is 3. The smallest absolute Gasteiger partial charge is 0.0946 e. The fourth-order valence-electron chi connectivity index (χ4n) is 2.20. The minimum absolute atomic E-state index is 0.398. The number of aryl methyl sites for hydroxylation is 2. The van der Waals surface area contributed by atoms with Crippen molar-refractivity contribution in [2.75, 3.05) is 0 Å². The number of thioether (sulfide) groups is 2. The van der Waals surface area contributed by atoms with Gasteiger partial charge in [-0.2, -0.15) is 0 Å². The highest BCUT2D eigenvalue weighted by atomic mass is 32.2. The summed E-state index contributed by atoms with van der Waals surface area (Å²) in [5.41, 5.74) is 2.60. The highest BCUT2D eigenvalue weighted by Gasteiger charge is 2.13. The van der Waals surface area contributed by atoms with Gasteiger partial charge in [0.15, 0.2) is 0 Å². The lowest BCUT2D eigenvalue weighted by molar-refractivity contribution is 0.750. The molecular formula is C19H20N2S2. The quantitative estimate of drug-likeness (QED) is 0.441. The van der Waals surface area contributed by atoms with Crippen molar-refractivity contribution in [1.82, 2.24) is 9.55 Å². The van der Waals surface area contributed by atoms with Crippen LogP contribution in [0.2, 0.25) is 0 Å². The van der Waals surface area contributed by atoms with Crippen molar-refractivity contribution in [1.29, 1.82) is 0 Å². The van der Waals surface area contributed by atoms with Crippen LogP contribution >= 0.6 is 23.5 Å². The van der Waals surface area contributed by atoms with Gasteiger partial charge in [0, 0.05) is 28.7 Å². The van der Waals surface area contributed by atoms with Crippen molar-refractivity contribution in [3.05, 3.63) is 78.4 Å². The molecule has 0 saturated carbocycles. The topological polar surface area (TPSA) is 17.8 Å². The van der Waals surface area contributed by atoms with E-state index in [9.17, 15) is 0 Å². The highest BCUT2D eigenvalue weighted by Crippen LogP contribution is 2.36. The summed E-state index contributed by atoms with van der Waals surface area (Å²) in [6.45, 7) is 5.17. The van der Waals surface area contributed by atoms with E-state index in [1.54, 1.807) is 0 Å². The first-order valence-electron chi connectivity index (χ1n) is 7.61. The number of nitrogens with zero attached hydrogens (tertiary/aromatic N) is 2. The zero-order valence-corrected chi connectivity index (χ0v) is 15.0. The van der Waals surface area contributed by atoms with Gasteiger partial charge in [0.25, 0.3) is 0 Å². The van der Waals surface area contributed by atoms with Crippen LogP contribution in [0, 0.1) is 13.8 Å². The van der Waals surface area contributed by atoms with Gasteiger partial charge >= 0.3 is 0 Å². The average Bonchev–Trinajstić information content (AvgIpc) is 3.05. The molecule has 0 aliphatic carbocycles. The Hall–Kier alpha value is -1.65. The molecule has 0 spiro atoms. The Morgan fingerprint density at radius 1 is 0.870 bits per heavy atom. The fraction of sp³-hybridized carbons (Fsp3) is 0.211. The second kappa shape index (κ2) is 7.75. The number of rotatable bonds is 6. The minimum Gasteiger partial charge on any atom is -0.336 e. The van der Waals surface area contributed by atoms with Crippen LogP contribution in [0.25, 0.3) is 0 Å². The molecule has 0 atom stereocenters. The van der Waals surface area contributed by atoms with E-state index < -0.39 is 0 Å². The molecular weight excluding hydrogens is 320 g/mol. The number of imidazole rings is 1. The van der Waals surface area contributed by atoms with E-state index in [0.29, 0.717) is 4.58 Å². The molecule has 1 aromatic heterocycles. The number of benzene rings is 2.